The number of rotatable bonds is 3. The monoisotopic (exact) mass is 217 g/mol. The van der Waals surface area contributed by atoms with Crippen LogP contribution in [0.2, 0.25) is 0 Å². The van der Waals surface area contributed by atoms with Crippen LogP contribution in [-0.4, -0.2) is 27.0 Å². The van der Waals surface area contributed by atoms with E-state index in [0.29, 0.717) is 0 Å². The second kappa shape index (κ2) is 4.38. The van der Waals surface area contributed by atoms with Gasteiger partial charge in [-0.3, -0.25) is 0 Å². The quantitative estimate of drug-likeness (QED) is 0.723. The molecule has 1 aromatic carbocycles. The van der Waals surface area contributed by atoms with Crippen LogP contribution in [0.4, 0.5) is 0 Å². The summed E-state index contributed by atoms with van der Waals surface area (Å²) in [6.07, 6.45) is 0.999. The van der Waals surface area contributed by atoms with E-state index in [4.69, 9.17) is 17.5 Å². The summed E-state index contributed by atoms with van der Waals surface area (Å²) < 4.78 is 10.6. The van der Waals surface area contributed by atoms with Gasteiger partial charge in [0.2, 0.25) is 0 Å². The fourth-order valence-corrected chi connectivity index (χ4v) is 2.32. The maximum absolute atomic E-state index is 5.97. The number of benzene rings is 1. The largest absolute Gasteiger partial charge is 0.493 e. The number of methoxy groups -OCH3 is 2. The lowest BCUT2D eigenvalue weighted by atomic mass is 10.0. The molecule has 0 saturated carbocycles. The Kier molecular flexibility index (Phi) is 3.10. The summed E-state index contributed by atoms with van der Waals surface area (Å²) in [4.78, 5) is 1.86. The number of ether oxygens (including phenoxy) is 2. The van der Waals surface area contributed by atoms with Crippen molar-refractivity contribution >= 4 is 7.98 Å². The molecule has 0 saturated heterocycles. The number of fused-ring (bicyclic) bond motifs is 1. The lowest BCUT2D eigenvalue weighted by Crippen LogP contribution is -2.17. The molecule has 84 valence electrons. The fourth-order valence-electron chi connectivity index (χ4n) is 2.32. The highest BCUT2D eigenvalue weighted by Crippen LogP contribution is 2.40. The Labute approximate surface area is 97.8 Å². The Hall–Kier alpha value is -1.16. The maximum atomic E-state index is 5.97. The van der Waals surface area contributed by atoms with E-state index >= 15 is 0 Å². The summed E-state index contributed by atoms with van der Waals surface area (Å²) in [7, 11) is 9.28. The highest BCUT2D eigenvalue weighted by Gasteiger charge is 2.27. The summed E-state index contributed by atoms with van der Waals surface area (Å²) in [5.41, 5.74) is 2.48. The average molecular weight is 217 g/mol. The van der Waals surface area contributed by atoms with E-state index < -0.39 is 0 Å². The Morgan fingerprint density at radius 1 is 1.31 bits per heavy atom. The molecule has 1 atom stereocenters. The van der Waals surface area contributed by atoms with Gasteiger partial charge in [0, 0.05) is 12.6 Å². The Bertz CT molecular complexity index is 395. The third-order valence-electron chi connectivity index (χ3n) is 3.14. The molecule has 0 N–H and O–H groups in total. The number of nitrogens with zero attached hydrogens (tertiary/aromatic N) is 1. The molecule has 2 radical (unpaired) electrons. The van der Waals surface area contributed by atoms with Crippen molar-refractivity contribution in [2.75, 3.05) is 14.2 Å². The molecule has 1 heterocycles. The van der Waals surface area contributed by atoms with Gasteiger partial charge < -0.3 is 14.3 Å². The first-order valence-corrected chi connectivity index (χ1v) is 5.47. The van der Waals surface area contributed by atoms with Crippen molar-refractivity contribution in [2.45, 2.75) is 25.9 Å². The third-order valence-corrected chi connectivity index (χ3v) is 3.14. The maximum Gasteiger partial charge on any atom is 0.183 e. The van der Waals surface area contributed by atoms with Crippen molar-refractivity contribution in [3.8, 4) is 11.5 Å². The van der Waals surface area contributed by atoms with Crippen molar-refractivity contribution in [1.82, 2.24) is 4.81 Å². The molecule has 0 spiro atoms. The summed E-state index contributed by atoms with van der Waals surface area (Å²) in [5, 5.41) is 0. The second-order valence-corrected chi connectivity index (χ2v) is 4.00. The standard InChI is InChI=1S/C12H16BNO2/c1-4-10-9-6-12(16-3)11(15-2)5-8(9)7-14(10)13/h5-6,10H,4,7H2,1-3H3. The van der Waals surface area contributed by atoms with Crippen molar-refractivity contribution < 1.29 is 9.47 Å². The SMILES string of the molecule is [B]N1Cc2cc(OC)c(OC)cc2C1CC. The minimum Gasteiger partial charge on any atom is -0.493 e. The molecular weight excluding hydrogens is 201 g/mol. The van der Waals surface area contributed by atoms with E-state index in [-0.39, 0.29) is 6.04 Å². The van der Waals surface area contributed by atoms with E-state index in [2.05, 4.69) is 6.92 Å². The minimum atomic E-state index is 0.287. The van der Waals surface area contributed by atoms with E-state index in [9.17, 15) is 0 Å². The first kappa shape index (κ1) is 11.3. The van der Waals surface area contributed by atoms with Crippen molar-refractivity contribution in [2.24, 2.45) is 0 Å². The molecule has 4 heteroatoms. The summed E-state index contributed by atoms with van der Waals surface area (Å²) in [5.74, 6) is 1.54. The van der Waals surface area contributed by atoms with E-state index in [1.165, 1.54) is 11.1 Å². The molecule has 0 fully saturated rings. The zero-order chi connectivity index (χ0) is 11.7. The van der Waals surface area contributed by atoms with E-state index in [0.717, 1.165) is 24.5 Å². The van der Waals surface area contributed by atoms with Gasteiger partial charge in [-0.2, -0.15) is 0 Å². The van der Waals surface area contributed by atoms with Gasteiger partial charge in [-0.25, -0.2) is 0 Å². The van der Waals surface area contributed by atoms with Crippen molar-refractivity contribution in [1.29, 1.82) is 0 Å². The first-order valence-electron chi connectivity index (χ1n) is 5.47. The molecule has 3 nitrogen and oxygen atoms in total. The highest BCUT2D eigenvalue weighted by atomic mass is 16.5. The Balaban J connectivity index is 2.47. The predicted molar refractivity (Wildman–Crippen MR) is 63.9 cm³/mol. The number of hydrogen-bond acceptors (Lipinski definition) is 3. The second-order valence-electron chi connectivity index (χ2n) is 4.00. The van der Waals surface area contributed by atoms with E-state index in [1.54, 1.807) is 14.2 Å². The van der Waals surface area contributed by atoms with Gasteiger partial charge in [0.1, 0.15) is 0 Å². The van der Waals surface area contributed by atoms with Crippen LogP contribution in [-0.2, 0) is 6.54 Å². The lowest BCUT2D eigenvalue weighted by molar-refractivity contribution is 0.353. The molecule has 0 bridgehead atoms. The summed E-state index contributed by atoms with van der Waals surface area (Å²) in [6.45, 7) is 2.91. The van der Waals surface area contributed by atoms with Crippen LogP contribution in [0.15, 0.2) is 12.1 Å². The molecule has 1 unspecified atom stereocenters. The topological polar surface area (TPSA) is 21.7 Å². The van der Waals surface area contributed by atoms with Gasteiger partial charge in [0.25, 0.3) is 0 Å². The molecule has 2 rings (SSSR count). The zero-order valence-corrected chi connectivity index (χ0v) is 9.99. The van der Waals surface area contributed by atoms with Crippen LogP contribution in [0.1, 0.15) is 30.5 Å². The van der Waals surface area contributed by atoms with Crippen LogP contribution in [0.5, 0.6) is 11.5 Å². The van der Waals surface area contributed by atoms with Crippen LogP contribution < -0.4 is 9.47 Å². The van der Waals surface area contributed by atoms with Gasteiger partial charge in [0.15, 0.2) is 19.5 Å². The van der Waals surface area contributed by atoms with Crippen LogP contribution in [0.25, 0.3) is 0 Å². The third kappa shape index (κ3) is 1.67. The van der Waals surface area contributed by atoms with Gasteiger partial charge in [0.05, 0.1) is 14.2 Å². The highest BCUT2D eigenvalue weighted by molar-refractivity contribution is 6.05. The van der Waals surface area contributed by atoms with Crippen LogP contribution in [0.3, 0.4) is 0 Å². The Morgan fingerprint density at radius 2 is 1.94 bits per heavy atom. The van der Waals surface area contributed by atoms with Crippen LogP contribution in [0, 0.1) is 0 Å². The molecule has 0 amide bonds. The van der Waals surface area contributed by atoms with Crippen molar-refractivity contribution in [3.63, 3.8) is 0 Å². The predicted octanol–water partition coefficient (Wildman–Crippen LogP) is 2.05. The molecule has 16 heavy (non-hydrogen) atoms. The first-order chi connectivity index (χ1) is 7.71. The number of hydrogen-bond donors (Lipinski definition) is 0. The Morgan fingerprint density at radius 3 is 2.50 bits per heavy atom. The van der Waals surface area contributed by atoms with Crippen molar-refractivity contribution in [3.05, 3.63) is 23.3 Å². The molecule has 0 aromatic heterocycles. The van der Waals surface area contributed by atoms with E-state index in [1.807, 2.05) is 16.9 Å². The van der Waals surface area contributed by atoms with Gasteiger partial charge >= 0.3 is 0 Å². The van der Waals surface area contributed by atoms with Gasteiger partial charge in [-0.05, 0) is 29.7 Å². The smallest absolute Gasteiger partial charge is 0.183 e. The summed E-state index contributed by atoms with van der Waals surface area (Å²) in [6, 6.07) is 4.34. The van der Waals surface area contributed by atoms with Gasteiger partial charge in [-0.1, -0.05) is 6.92 Å². The van der Waals surface area contributed by atoms with Gasteiger partial charge in [-0.15, -0.1) is 0 Å². The summed E-state index contributed by atoms with van der Waals surface area (Å²) >= 11 is 0. The molecule has 1 aliphatic heterocycles. The average Bonchev–Trinajstić information content (AvgIpc) is 2.61. The zero-order valence-electron chi connectivity index (χ0n) is 9.99. The molecule has 1 aliphatic rings. The normalized spacial score (nSPS) is 19.6. The lowest BCUT2D eigenvalue weighted by Gasteiger charge is -2.19. The fraction of sp³-hybridized carbons (Fsp3) is 0.500. The molecular formula is C12H16BNO2. The molecule has 1 aromatic rings. The van der Waals surface area contributed by atoms with Crippen LogP contribution >= 0.6 is 0 Å². The minimum absolute atomic E-state index is 0.287. The molecule has 0 aliphatic carbocycles.